The number of aryl methyl sites for hydroxylation is 1. The molecule has 0 spiro atoms. The summed E-state index contributed by atoms with van der Waals surface area (Å²) in [5, 5.41) is 0. The highest BCUT2D eigenvalue weighted by Crippen LogP contribution is 2.32. The van der Waals surface area contributed by atoms with E-state index in [9.17, 15) is 18.0 Å². The summed E-state index contributed by atoms with van der Waals surface area (Å²) < 4.78 is 39.4. The lowest BCUT2D eigenvalue weighted by Crippen LogP contribution is -2.31. The number of hydrazine groups is 1. The maximum absolute atomic E-state index is 12.8. The van der Waals surface area contributed by atoms with Crippen LogP contribution in [0.5, 0.6) is 0 Å². The summed E-state index contributed by atoms with van der Waals surface area (Å²) in [5.74, 6) is 4.29. The van der Waals surface area contributed by atoms with Crippen molar-refractivity contribution in [2.45, 2.75) is 13.1 Å². The molecule has 0 unspecified atom stereocenters. The normalized spacial score (nSPS) is 11.8. The quantitative estimate of drug-likeness (QED) is 0.459. The Kier molecular flexibility index (Phi) is 2.74. The summed E-state index contributed by atoms with van der Waals surface area (Å²) in [4.78, 5) is 15.3. The first-order chi connectivity index (χ1) is 8.36. The summed E-state index contributed by atoms with van der Waals surface area (Å²) in [6.45, 7) is 1.44. The van der Waals surface area contributed by atoms with Gasteiger partial charge in [-0.1, -0.05) is 0 Å². The molecule has 0 fully saturated rings. The molecule has 0 saturated heterocycles. The largest absolute Gasteiger partial charge is 0.419 e. The van der Waals surface area contributed by atoms with Crippen LogP contribution in [0.2, 0.25) is 0 Å². The molecule has 0 aliphatic rings. The van der Waals surface area contributed by atoms with E-state index in [2.05, 4.69) is 4.98 Å². The maximum atomic E-state index is 12.8. The second kappa shape index (κ2) is 3.98. The standard InChI is InChI=1S/C10H9F3N4O/c1-5-7(9(18)16-14)17-4-2-3-6(8(17)15-5)10(11,12)13/h2-4H,14H2,1H3,(H,16,18). The molecule has 5 nitrogen and oxygen atoms in total. The van der Waals surface area contributed by atoms with Gasteiger partial charge in [0.25, 0.3) is 5.91 Å². The fourth-order valence-electron chi connectivity index (χ4n) is 1.74. The highest BCUT2D eigenvalue weighted by molar-refractivity contribution is 5.94. The van der Waals surface area contributed by atoms with Gasteiger partial charge in [-0.3, -0.25) is 14.6 Å². The van der Waals surface area contributed by atoms with Crippen molar-refractivity contribution in [1.29, 1.82) is 0 Å². The van der Waals surface area contributed by atoms with Crippen molar-refractivity contribution in [3.05, 3.63) is 35.3 Å². The van der Waals surface area contributed by atoms with Gasteiger partial charge in [0.2, 0.25) is 0 Å². The predicted molar refractivity (Wildman–Crippen MR) is 56.6 cm³/mol. The Morgan fingerprint density at radius 1 is 1.50 bits per heavy atom. The molecule has 3 N–H and O–H groups in total. The van der Waals surface area contributed by atoms with Gasteiger partial charge in [-0.15, -0.1) is 0 Å². The van der Waals surface area contributed by atoms with Crippen LogP contribution in [0, 0.1) is 6.92 Å². The van der Waals surface area contributed by atoms with E-state index in [1.165, 1.54) is 19.2 Å². The van der Waals surface area contributed by atoms with E-state index in [4.69, 9.17) is 5.84 Å². The number of rotatable bonds is 1. The fraction of sp³-hybridized carbons (Fsp3) is 0.200. The number of amides is 1. The zero-order chi connectivity index (χ0) is 13.5. The smallest absolute Gasteiger partial charge is 0.295 e. The van der Waals surface area contributed by atoms with Crippen molar-refractivity contribution in [2.24, 2.45) is 5.84 Å². The van der Waals surface area contributed by atoms with E-state index >= 15 is 0 Å². The topological polar surface area (TPSA) is 72.4 Å². The third kappa shape index (κ3) is 1.80. The van der Waals surface area contributed by atoms with Crippen LogP contribution in [0.3, 0.4) is 0 Å². The van der Waals surface area contributed by atoms with Gasteiger partial charge < -0.3 is 0 Å². The van der Waals surface area contributed by atoms with E-state index in [-0.39, 0.29) is 17.0 Å². The first-order valence-electron chi connectivity index (χ1n) is 4.92. The minimum atomic E-state index is -4.53. The molecule has 8 heteroatoms. The molecule has 18 heavy (non-hydrogen) atoms. The number of carbonyl (C=O) groups is 1. The molecule has 0 bridgehead atoms. The van der Waals surface area contributed by atoms with Gasteiger partial charge in [-0.05, 0) is 19.1 Å². The van der Waals surface area contributed by atoms with Crippen molar-refractivity contribution in [3.8, 4) is 0 Å². The number of fused-ring (bicyclic) bond motifs is 1. The third-order valence-electron chi connectivity index (χ3n) is 2.48. The second-order valence-electron chi connectivity index (χ2n) is 3.63. The van der Waals surface area contributed by atoms with Crippen LogP contribution in [0.1, 0.15) is 21.7 Å². The number of nitrogens with zero attached hydrogens (tertiary/aromatic N) is 2. The van der Waals surface area contributed by atoms with Crippen LogP contribution in [-0.2, 0) is 6.18 Å². The number of hydrogen-bond donors (Lipinski definition) is 2. The average molecular weight is 258 g/mol. The van der Waals surface area contributed by atoms with Crippen molar-refractivity contribution in [1.82, 2.24) is 14.8 Å². The molecule has 0 saturated carbocycles. The van der Waals surface area contributed by atoms with Crippen molar-refractivity contribution in [2.75, 3.05) is 0 Å². The van der Waals surface area contributed by atoms with Gasteiger partial charge in [0.15, 0.2) is 0 Å². The lowest BCUT2D eigenvalue weighted by atomic mass is 10.2. The molecule has 0 radical (unpaired) electrons. The molecule has 1 amide bonds. The van der Waals surface area contributed by atoms with E-state index < -0.39 is 17.6 Å². The Bertz CT molecular complexity index is 617. The number of carbonyl (C=O) groups excluding carboxylic acids is 1. The summed E-state index contributed by atoms with van der Waals surface area (Å²) in [7, 11) is 0. The Hall–Kier alpha value is -2.09. The summed E-state index contributed by atoms with van der Waals surface area (Å²) in [5.41, 5.74) is 0.821. The third-order valence-corrected chi connectivity index (χ3v) is 2.48. The number of hydrogen-bond acceptors (Lipinski definition) is 3. The number of nitrogens with two attached hydrogens (primary N) is 1. The SMILES string of the molecule is Cc1nc2c(C(F)(F)F)cccn2c1C(=O)NN. The number of nitrogen functional groups attached to an aromatic ring is 1. The molecule has 96 valence electrons. The summed E-state index contributed by atoms with van der Waals surface area (Å²) in [6, 6.07) is 2.11. The van der Waals surface area contributed by atoms with E-state index in [0.29, 0.717) is 0 Å². The molecule has 2 rings (SSSR count). The van der Waals surface area contributed by atoms with Gasteiger partial charge >= 0.3 is 6.18 Å². The maximum Gasteiger partial charge on any atom is 0.419 e. The van der Waals surface area contributed by atoms with E-state index in [0.717, 1.165) is 10.5 Å². The molecule has 2 aromatic rings. The first kappa shape index (κ1) is 12.4. The number of pyridine rings is 1. The summed E-state index contributed by atoms with van der Waals surface area (Å²) >= 11 is 0. The summed E-state index contributed by atoms with van der Waals surface area (Å²) in [6.07, 6.45) is -3.20. The predicted octanol–water partition coefficient (Wildman–Crippen LogP) is 1.27. The molecular formula is C10H9F3N4O. The number of alkyl halides is 3. The zero-order valence-corrected chi connectivity index (χ0v) is 9.25. The van der Waals surface area contributed by atoms with Crippen molar-refractivity contribution >= 4 is 11.6 Å². The first-order valence-corrected chi connectivity index (χ1v) is 4.92. The van der Waals surface area contributed by atoms with Crippen LogP contribution < -0.4 is 11.3 Å². The monoisotopic (exact) mass is 258 g/mol. The second-order valence-corrected chi connectivity index (χ2v) is 3.63. The van der Waals surface area contributed by atoms with Gasteiger partial charge in [-0.2, -0.15) is 13.2 Å². The molecule has 2 heterocycles. The molecular weight excluding hydrogens is 249 g/mol. The number of aromatic nitrogens is 2. The van der Waals surface area contributed by atoms with Crippen LogP contribution >= 0.6 is 0 Å². The number of halogens is 3. The fourth-order valence-corrected chi connectivity index (χ4v) is 1.74. The van der Waals surface area contributed by atoms with E-state index in [1.807, 2.05) is 5.43 Å². The molecule has 2 aromatic heterocycles. The zero-order valence-electron chi connectivity index (χ0n) is 9.25. The minimum Gasteiger partial charge on any atom is -0.295 e. The van der Waals surface area contributed by atoms with Crippen LogP contribution in [0.4, 0.5) is 13.2 Å². The highest BCUT2D eigenvalue weighted by atomic mass is 19.4. The van der Waals surface area contributed by atoms with Crippen LogP contribution in [0.15, 0.2) is 18.3 Å². The van der Waals surface area contributed by atoms with E-state index in [1.54, 1.807) is 0 Å². The van der Waals surface area contributed by atoms with Gasteiger partial charge in [0.1, 0.15) is 11.3 Å². The Balaban J connectivity index is 2.79. The number of nitrogens with one attached hydrogen (secondary N) is 1. The Morgan fingerprint density at radius 3 is 2.72 bits per heavy atom. The minimum absolute atomic E-state index is 0.0152. The van der Waals surface area contributed by atoms with Crippen molar-refractivity contribution < 1.29 is 18.0 Å². The molecule has 0 aliphatic carbocycles. The van der Waals surface area contributed by atoms with Gasteiger partial charge in [0, 0.05) is 6.20 Å². The van der Waals surface area contributed by atoms with Crippen LogP contribution in [-0.4, -0.2) is 15.3 Å². The molecule has 0 aromatic carbocycles. The number of imidazole rings is 1. The van der Waals surface area contributed by atoms with Crippen LogP contribution in [0.25, 0.3) is 5.65 Å². The highest BCUT2D eigenvalue weighted by Gasteiger charge is 2.34. The average Bonchev–Trinajstić information content (AvgIpc) is 2.62. The molecule has 0 aliphatic heterocycles. The lowest BCUT2D eigenvalue weighted by Gasteiger charge is -2.08. The lowest BCUT2D eigenvalue weighted by molar-refractivity contribution is -0.136. The Labute approximate surface area is 99.4 Å². The van der Waals surface area contributed by atoms with Gasteiger partial charge in [-0.25, -0.2) is 10.8 Å². The van der Waals surface area contributed by atoms with Crippen molar-refractivity contribution in [3.63, 3.8) is 0 Å². The van der Waals surface area contributed by atoms with Gasteiger partial charge in [0.05, 0.1) is 11.3 Å². The molecule has 0 atom stereocenters. The Morgan fingerprint density at radius 2 is 2.17 bits per heavy atom.